The molecule has 1 fully saturated rings. The quantitative estimate of drug-likeness (QED) is 0.650. The van der Waals surface area contributed by atoms with Crippen molar-refractivity contribution in [3.05, 3.63) is 53.7 Å². The van der Waals surface area contributed by atoms with Gasteiger partial charge in [-0.1, -0.05) is 11.6 Å². The fraction of sp³-hybridized carbons (Fsp3) is 0.250. The van der Waals surface area contributed by atoms with E-state index in [0.717, 1.165) is 36.8 Å². The molecule has 0 amide bonds. The number of fused-ring (bicyclic) bond motifs is 1. The second-order valence-corrected chi connectivity index (χ2v) is 8.86. The van der Waals surface area contributed by atoms with Gasteiger partial charge >= 0.3 is 0 Å². The highest BCUT2D eigenvalue weighted by molar-refractivity contribution is 7.91. The molecule has 1 saturated heterocycles. The Kier molecular flexibility index (Phi) is 4.70. The summed E-state index contributed by atoms with van der Waals surface area (Å²) in [7, 11) is -2.14. The zero-order valence-electron chi connectivity index (χ0n) is 14.9. The monoisotopic (exact) mass is 402 g/mol. The Morgan fingerprint density at radius 3 is 2.44 bits per heavy atom. The molecule has 1 aliphatic heterocycles. The van der Waals surface area contributed by atoms with Gasteiger partial charge in [0.05, 0.1) is 23.2 Å². The number of hydrogen-bond acceptors (Lipinski definition) is 5. The van der Waals surface area contributed by atoms with Gasteiger partial charge in [0.1, 0.15) is 10.6 Å². The number of benzene rings is 2. The lowest BCUT2D eigenvalue weighted by atomic mass is 10.1. The number of aromatic nitrogens is 1. The van der Waals surface area contributed by atoms with Crippen LogP contribution in [0.3, 0.4) is 0 Å². The smallest absolute Gasteiger partial charge is 0.210 e. The third-order valence-corrected chi connectivity index (χ3v) is 6.87. The molecule has 140 valence electrons. The molecule has 0 saturated carbocycles. The van der Waals surface area contributed by atoms with Crippen LogP contribution in [-0.2, 0) is 9.84 Å². The minimum Gasteiger partial charge on any atom is -0.497 e. The van der Waals surface area contributed by atoms with Crippen LogP contribution in [0.25, 0.3) is 10.9 Å². The third kappa shape index (κ3) is 3.24. The van der Waals surface area contributed by atoms with Gasteiger partial charge in [0.15, 0.2) is 0 Å². The van der Waals surface area contributed by atoms with Crippen molar-refractivity contribution >= 4 is 38.0 Å². The van der Waals surface area contributed by atoms with Crippen molar-refractivity contribution in [1.29, 1.82) is 0 Å². The summed E-state index contributed by atoms with van der Waals surface area (Å²) in [6, 6.07) is 11.8. The van der Waals surface area contributed by atoms with E-state index < -0.39 is 9.84 Å². The fourth-order valence-corrected chi connectivity index (χ4v) is 5.03. The second-order valence-electron chi connectivity index (χ2n) is 6.51. The van der Waals surface area contributed by atoms with E-state index in [9.17, 15) is 8.42 Å². The lowest BCUT2D eigenvalue weighted by Gasteiger charge is -2.23. The van der Waals surface area contributed by atoms with Gasteiger partial charge in [-0.25, -0.2) is 8.42 Å². The summed E-state index contributed by atoms with van der Waals surface area (Å²) in [4.78, 5) is 6.96. The van der Waals surface area contributed by atoms with Crippen LogP contribution >= 0.6 is 11.6 Å². The molecule has 0 aliphatic carbocycles. The Morgan fingerprint density at radius 2 is 1.78 bits per heavy atom. The molecule has 27 heavy (non-hydrogen) atoms. The summed E-state index contributed by atoms with van der Waals surface area (Å²) in [6.07, 6.45) is 3.54. The number of ether oxygens (including phenoxy) is 1. The molecule has 5 nitrogen and oxygen atoms in total. The highest BCUT2D eigenvalue weighted by atomic mass is 35.5. The van der Waals surface area contributed by atoms with E-state index in [1.54, 1.807) is 19.2 Å². The normalized spacial score (nSPS) is 14.7. The van der Waals surface area contributed by atoms with E-state index in [1.807, 2.05) is 18.2 Å². The maximum Gasteiger partial charge on any atom is 0.210 e. The first-order chi connectivity index (χ1) is 13.0. The Bertz CT molecular complexity index is 1090. The number of methoxy groups -OCH3 is 1. The number of halogens is 1. The molecule has 0 unspecified atom stereocenters. The van der Waals surface area contributed by atoms with Gasteiger partial charge in [0, 0.05) is 29.7 Å². The van der Waals surface area contributed by atoms with E-state index in [1.165, 1.54) is 18.3 Å². The number of pyridine rings is 1. The van der Waals surface area contributed by atoms with Gasteiger partial charge in [0.25, 0.3) is 0 Å². The van der Waals surface area contributed by atoms with Crippen LogP contribution in [-0.4, -0.2) is 33.6 Å². The van der Waals surface area contributed by atoms with E-state index in [0.29, 0.717) is 16.5 Å². The Hall–Kier alpha value is -2.31. The lowest BCUT2D eigenvalue weighted by Crippen LogP contribution is -2.21. The molecule has 0 radical (unpaired) electrons. The molecule has 2 aromatic carbocycles. The van der Waals surface area contributed by atoms with E-state index in [-0.39, 0.29) is 9.79 Å². The van der Waals surface area contributed by atoms with Gasteiger partial charge < -0.3 is 9.64 Å². The molecule has 7 heteroatoms. The van der Waals surface area contributed by atoms with Crippen LogP contribution in [0.1, 0.15) is 12.8 Å². The lowest BCUT2D eigenvalue weighted by molar-refractivity contribution is 0.415. The number of rotatable bonds is 4. The standard InChI is InChI=1S/C20H19ClN2O3S/c1-26-15-6-9-18-17(12-15)20(23-10-2-3-11-23)19(13-22-18)27(24,25)16-7-4-14(21)5-8-16/h4-9,12-13H,2-3,10-11H2,1H3. The topological polar surface area (TPSA) is 59.5 Å². The van der Waals surface area contributed by atoms with Gasteiger partial charge in [-0.2, -0.15) is 0 Å². The first-order valence-electron chi connectivity index (χ1n) is 8.73. The summed E-state index contributed by atoms with van der Waals surface area (Å²) in [6.45, 7) is 1.64. The largest absolute Gasteiger partial charge is 0.497 e. The molecule has 4 rings (SSSR count). The number of hydrogen-bond donors (Lipinski definition) is 0. The average Bonchev–Trinajstić information content (AvgIpc) is 3.21. The molecule has 0 bridgehead atoms. The van der Waals surface area contributed by atoms with Crippen LogP contribution in [0.5, 0.6) is 5.75 Å². The van der Waals surface area contributed by atoms with Crippen molar-refractivity contribution in [2.45, 2.75) is 22.6 Å². The highest BCUT2D eigenvalue weighted by Crippen LogP contribution is 2.38. The van der Waals surface area contributed by atoms with E-state index in [2.05, 4.69) is 9.88 Å². The van der Waals surface area contributed by atoms with E-state index >= 15 is 0 Å². The molecule has 0 N–H and O–H groups in total. The summed E-state index contributed by atoms with van der Waals surface area (Å²) >= 11 is 5.92. The summed E-state index contributed by atoms with van der Waals surface area (Å²) in [5.74, 6) is 0.672. The van der Waals surface area contributed by atoms with Crippen LogP contribution in [0.2, 0.25) is 5.02 Å². The third-order valence-electron chi connectivity index (χ3n) is 4.85. The summed E-state index contributed by atoms with van der Waals surface area (Å²) < 4.78 is 32.1. The van der Waals surface area contributed by atoms with Crippen molar-refractivity contribution in [2.75, 3.05) is 25.1 Å². The van der Waals surface area contributed by atoms with Crippen LogP contribution in [0, 0.1) is 0 Å². The molecule has 0 spiro atoms. The second kappa shape index (κ2) is 7.02. The van der Waals surface area contributed by atoms with Crippen molar-refractivity contribution in [2.24, 2.45) is 0 Å². The van der Waals surface area contributed by atoms with Crippen molar-refractivity contribution < 1.29 is 13.2 Å². The van der Waals surface area contributed by atoms with Gasteiger partial charge in [-0.3, -0.25) is 4.98 Å². The van der Waals surface area contributed by atoms with E-state index in [4.69, 9.17) is 16.3 Å². The van der Waals surface area contributed by atoms with Gasteiger partial charge in [0.2, 0.25) is 9.84 Å². The predicted octanol–water partition coefficient (Wildman–Crippen LogP) is 4.33. The summed E-state index contributed by atoms with van der Waals surface area (Å²) in [5.41, 5.74) is 1.44. The number of nitrogens with zero attached hydrogens (tertiary/aromatic N) is 2. The fourth-order valence-electron chi connectivity index (χ4n) is 3.47. The highest BCUT2D eigenvalue weighted by Gasteiger charge is 2.28. The van der Waals surface area contributed by atoms with Crippen molar-refractivity contribution in [3.8, 4) is 5.75 Å². The Labute approximate surface area is 163 Å². The first-order valence-corrected chi connectivity index (χ1v) is 10.6. The molecule has 0 atom stereocenters. The molecule has 1 aliphatic rings. The molecule has 2 heterocycles. The van der Waals surface area contributed by atoms with Crippen molar-refractivity contribution in [1.82, 2.24) is 4.98 Å². The Balaban J connectivity index is 1.99. The number of anilines is 1. The minimum atomic E-state index is -3.74. The Morgan fingerprint density at radius 1 is 1.07 bits per heavy atom. The maximum atomic E-state index is 13.4. The minimum absolute atomic E-state index is 0.205. The van der Waals surface area contributed by atoms with Gasteiger partial charge in [-0.15, -0.1) is 0 Å². The zero-order chi connectivity index (χ0) is 19.0. The average molecular weight is 403 g/mol. The SMILES string of the molecule is COc1ccc2ncc(S(=O)(=O)c3ccc(Cl)cc3)c(N3CCCC3)c2c1. The molecule has 3 aromatic rings. The molecular weight excluding hydrogens is 384 g/mol. The number of sulfone groups is 1. The van der Waals surface area contributed by atoms with Gasteiger partial charge in [-0.05, 0) is 55.3 Å². The summed E-state index contributed by atoms with van der Waals surface area (Å²) in [5, 5.41) is 1.28. The first kappa shape index (κ1) is 18.1. The van der Waals surface area contributed by atoms with Crippen LogP contribution in [0.4, 0.5) is 5.69 Å². The van der Waals surface area contributed by atoms with Crippen LogP contribution < -0.4 is 9.64 Å². The van der Waals surface area contributed by atoms with Crippen LogP contribution in [0.15, 0.2) is 58.5 Å². The predicted molar refractivity (Wildman–Crippen MR) is 107 cm³/mol. The zero-order valence-corrected chi connectivity index (χ0v) is 16.4. The maximum absolute atomic E-state index is 13.4. The molecular formula is C20H19ClN2O3S. The van der Waals surface area contributed by atoms with Crippen molar-refractivity contribution in [3.63, 3.8) is 0 Å². The molecule has 1 aromatic heterocycles.